The first-order valence-corrected chi connectivity index (χ1v) is 7.95. The number of hydrogen-bond acceptors (Lipinski definition) is 4. The quantitative estimate of drug-likeness (QED) is 0.447. The molecule has 25 heavy (non-hydrogen) atoms. The van der Waals surface area contributed by atoms with Gasteiger partial charge in [-0.25, -0.2) is 4.98 Å². The van der Waals surface area contributed by atoms with Crippen molar-refractivity contribution >= 4 is 17.6 Å². The Morgan fingerprint density at radius 3 is 2.36 bits per heavy atom. The molecule has 0 aliphatic heterocycles. The van der Waals surface area contributed by atoms with Crippen molar-refractivity contribution in [2.75, 3.05) is 0 Å². The molecule has 0 bridgehead atoms. The van der Waals surface area contributed by atoms with Gasteiger partial charge in [0.05, 0.1) is 6.10 Å². The third-order valence-electron chi connectivity index (χ3n) is 3.45. The molecule has 1 aromatic heterocycles. The largest absolute Gasteiger partial charge is 0.481 e. The number of carboxylic acid groups (broad SMARTS) is 1. The fraction of sp³-hybridized carbons (Fsp3) is 0.294. The van der Waals surface area contributed by atoms with Gasteiger partial charge in [-0.1, -0.05) is 34.9 Å². The Kier molecular flexibility index (Phi) is 6.22. The molecule has 2 rings (SSSR count). The van der Waals surface area contributed by atoms with Gasteiger partial charge < -0.3 is 9.84 Å². The molecule has 0 aliphatic rings. The summed E-state index contributed by atoms with van der Waals surface area (Å²) < 4.78 is 5.50. The first-order valence-electron chi connectivity index (χ1n) is 7.57. The van der Waals surface area contributed by atoms with Gasteiger partial charge in [-0.2, -0.15) is 0 Å². The molecule has 2 aromatic rings. The molecule has 1 aromatic carbocycles. The van der Waals surface area contributed by atoms with E-state index in [0.29, 0.717) is 22.0 Å². The Morgan fingerprint density at radius 2 is 1.88 bits per heavy atom. The first-order chi connectivity index (χ1) is 11.9. The van der Waals surface area contributed by atoms with Crippen molar-refractivity contribution in [3.8, 4) is 5.88 Å². The molecule has 7 nitrogen and oxygen atoms in total. The molecular weight excluding hydrogens is 344 g/mol. The summed E-state index contributed by atoms with van der Waals surface area (Å²) >= 11 is 5.91. The molecule has 0 saturated heterocycles. The second-order valence-electron chi connectivity index (χ2n) is 5.61. The van der Waals surface area contributed by atoms with Crippen LogP contribution < -0.4 is 4.74 Å². The van der Waals surface area contributed by atoms with Crippen LogP contribution in [0.1, 0.15) is 30.9 Å². The minimum absolute atomic E-state index is 0.0274. The molecule has 0 amide bonds. The van der Waals surface area contributed by atoms with E-state index < -0.39 is 17.9 Å². The average molecular weight is 361 g/mol. The maximum Gasteiger partial charge on any atom is 0.313 e. The van der Waals surface area contributed by atoms with Gasteiger partial charge in [0, 0.05) is 28.1 Å². The Morgan fingerprint density at radius 1 is 1.24 bits per heavy atom. The number of pyridine rings is 1. The molecule has 0 radical (unpaired) electrons. The minimum Gasteiger partial charge on any atom is -0.481 e. The van der Waals surface area contributed by atoms with E-state index in [2.05, 4.69) is 15.0 Å². The van der Waals surface area contributed by atoms with Gasteiger partial charge in [0.1, 0.15) is 6.04 Å². The van der Waals surface area contributed by atoms with Crippen molar-refractivity contribution in [3.05, 3.63) is 69.2 Å². The predicted molar refractivity (Wildman–Crippen MR) is 93.9 cm³/mol. The van der Waals surface area contributed by atoms with Gasteiger partial charge in [-0.05, 0) is 42.6 Å². The highest BCUT2D eigenvalue weighted by Gasteiger charge is 2.30. The maximum absolute atomic E-state index is 11.6. The lowest BCUT2D eigenvalue weighted by Crippen LogP contribution is -2.26. The second-order valence-corrected chi connectivity index (χ2v) is 6.05. The standard InChI is InChI=1S/C17H17ClN4O3/c1-10(2)25-14-8-5-12(9-20-14)15(16(17(23)24)21-22-19)11-3-6-13(18)7-4-11/h3-10,15-16H,1-2H3,(H,23,24)/t15-,16-/m0/s1. The molecule has 0 aliphatic carbocycles. The minimum atomic E-state index is -1.31. The summed E-state index contributed by atoms with van der Waals surface area (Å²) in [5.41, 5.74) is 10.0. The Balaban J connectivity index is 2.48. The van der Waals surface area contributed by atoms with Crippen molar-refractivity contribution < 1.29 is 14.6 Å². The van der Waals surface area contributed by atoms with Crippen LogP contribution in [-0.2, 0) is 4.79 Å². The number of carbonyl (C=O) groups is 1. The fourth-order valence-electron chi connectivity index (χ4n) is 2.43. The maximum atomic E-state index is 11.6. The van der Waals surface area contributed by atoms with Crippen LogP contribution in [0.2, 0.25) is 5.02 Å². The van der Waals surface area contributed by atoms with Crippen molar-refractivity contribution in [2.45, 2.75) is 31.9 Å². The van der Waals surface area contributed by atoms with E-state index in [4.69, 9.17) is 21.9 Å². The lowest BCUT2D eigenvalue weighted by Gasteiger charge is -2.22. The van der Waals surface area contributed by atoms with E-state index in [-0.39, 0.29) is 6.10 Å². The van der Waals surface area contributed by atoms with E-state index in [1.807, 2.05) is 13.8 Å². The van der Waals surface area contributed by atoms with Gasteiger partial charge in [-0.3, -0.25) is 4.79 Å². The number of rotatable bonds is 7. The topological polar surface area (TPSA) is 108 Å². The molecule has 0 spiro atoms. The highest BCUT2D eigenvalue weighted by molar-refractivity contribution is 6.30. The summed E-state index contributed by atoms with van der Waals surface area (Å²) in [6, 6.07) is 8.78. The first kappa shape index (κ1) is 18.6. The van der Waals surface area contributed by atoms with E-state index in [1.54, 1.807) is 36.4 Å². The van der Waals surface area contributed by atoms with Gasteiger partial charge in [0.2, 0.25) is 5.88 Å². The zero-order valence-corrected chi connectivity index (χ0v) is 14.5. The Labute approximate surface area is 149 Å². The zero-order valence-electron chi connectivity index (χ0n) is 13.7. The van der Waals surface area contributed by atoms with Gasteiger partial charge in [-0.15, -0.1) is 0 Å². The number of hydrogen-bond donors (Lipinski definition) is 1. The SMILES string of the molecule is CC(C)Oc1ccc([C@H](c2ccc(Cl)cc2)[C@H](N=[N+]=[N-])C(=O)O)cn1. The number of aliphatic carboxylic acids is 1. The van der Waals surface area contributed by atoms with Crippen molar-refractivity contribution in [2.24, 2.45) is 5.11 Å². The third-order valence-corrected chi connectivity index (χ3v) is 3.70. The number of benzene rings is 1. The van der Waals surface area contributed by atoms with Crippen LogP contribution in [0.3, 0.4) is 0 Å². The molecule has 0 fully saturated rings. The third kappa shape index (κ3) is 4.86. The van der Waals surface area contributed by atoms with E-state index in [1.165, 1.54) is 6.20 Å². The van der Waals surface area contributed by atoms with E-state index in [9.17, 15) is 9.90 Å². The summed E-state index contributed by atoms with van der Waals surface area (Å²) in [6.45, 7) is 3.77. The molecule has 130 valence electrons. The molecule has 8 heteroatoms. The smallest absolute Gasteiger partial charge is 0.313 e. The van der Waals surface area contributed by atoms with Gasteiger partial charge in [0.25, 0.3) is 0 Å². The summed E-state index contributed by atoms with van der Waals surface area (Å²) in [7, 11) is 0. The van der Waals surface area contributed by atoms with Crippen LogP contribution in [0.4, 0.5) is 0 Å². The summed E-state index contributed by atoms with van der Waals surface area (Å²) in [4.78, 5) is 18.5. The van der Waals surface area contributed by atoms with E-state index in [0.717, 1.165) is 0 Å². The number of ether oxygens (including phenoxy) is 1. The zero-order chi connectivity index (χ0) is 18.4. The number of nitrogens with zero attached hydrogens (tertiary/aromatic N) is 4. The summed E-state index contributed by atoms with van der Waals surface area (Å²) in [6.07, 6.45) is 1.50. The lowest BCUT2D eigenvalue weighted by atomic mass is 9.86. The van der Waals surface area contributed by atoms with Crippen molar-refractivity contribution in [3.63, 3.8) is 0 Å². The van der Waals surface area contributed by atoms with Crippen LogP contribution in [0.15, 0.2) is 47.7 Å². The monoisotopic (exact) mass is 360 g/mol. The summed E-state index contributed by atoms with van der Waals surface area (Å²) in [5.74, 6) is -1.49. The number of carboxylic acids is 1. The molecule has 0 unspecified atom stereocenters. The van der Waals surface area contributed by atoms with Crippen LogP contribution >= 0.6 is 11.6 Å². The molecule has 1 heterocycles. The Hall–Kier alpha value is -2.76. The number of azide groups is 1. The van der Waals surface area contributed by atoms with Crippen LogP contribution in [0.25, 0.3) is 10.4 Å². The number of halogens is 1. The lowest BCUT2D eigenvalue weighted by molar-refractivity contribution is -0.138. The van der Waals surface area contributed by atoms with Crippen molar-refractivity contribution in [1.29, 1.82) is 0 Å². The van der Waals surface area contributed by atoms with Gasteiger partial charge in [0.15, 0.2) is 0 Å². The highest BCUT2D eigenvalue weighted by Crippen LogP contribution is 2.31. The van der Waals surface area contributed by atoms with E-state index >= 15 is 0 Å². The Bertz CT molecular complexity index is 769. The van der Waals surface area contributed by atoms with Gasteiger partial charge >= 0.3 is 5.97 Å². The van der Waals surface area contributed by atoms with Crippen LogP contribution in [0.5, 0.6) is 5.88 Å². The molecular formula is C17H17ClN4O3. The number of aromatic nitrogens is 1. The molecule has 1 N–H and O–H groups in total. The normalized spacial score (nSPS) is 13.0. The molecule has 0 saturated carbocycles. The second kappa shape index (κ2) is 8.37. The average Bonchev–Trinajstić information content (AvgIpc) is 2.56. The predicted octanol–water partition coefficient (Wildman–Crippen LogP) is 4.42. The molecule has 2 atom stereocenters. The van der Waals surface area contributed by atoms with Crippen LogP contribution in [-0.4, -0.2) is 28.2 Å². The van der Waals surface area contributed by atoms with Crippen LogP contribution in [0, 0.1) is 0 Å². The summed E-state index contributed by atoms with van der Waals surface area (Å²) in [5, 5.41) is 13.5. The van der Waals surface area contributed by atoms with Crippen molar-refractivity contribution in [1.82, 2.24) is 4.98 Å². The highest BCUT2D eigenvalue weighted by atomic mass is 35.5. The fourth-order valence-corrected chi connectivity index (χ4v) is 2.55.